The summed E-state index contributed by atoms with van der Waals surface area (Å²) in [5.74, 6) is 2.08. The minimum atomic E-state index is -0.952. The van der Waals surface area contributed by atoms with Crippen LogP contribution in [0.15, 0.2) is 40.7 Å². The first-order valence-corrected chi connectivity index (χ1v) is 9.96. The van der Waals surface area contributed by atoms with E-state index >= 15 is 0 Å². The molecule has 0 fully saturated rings. The van der Waals surface area contributed by atoms with Gasteiger partial charge in [0.1, 0.15) is 5.60 Å². The van der Waals surface area contributed by atoms with Gasteiger partial charge >= 0.3 is 0 Å². The first-order chi connectivity index (χ1) is 13.0. The van der Waals surface area contributed by atoms with E-state index in [2.05, 4.69) is 15.6 Å². The van der Waals surface area contributed by atoms with Crippen LogP contribution in [0.4, 0.5) is 0 Å². The van der Waals surface area contributed by atoms with Gasteiger partial charge in [-0.3, -0.25) is 0 Å². The Morgan fingerprint density at radius 1 is 1.22 bits per heavy atom. The fourth-order valence-corrected chi connectivity index (χ4v) is 3.31. The summed E-state index contributed by atoms with van der Waals surface area (Å²) in [5.41, 5.74) is 0.0599. The number of nitrogens with zero attached hydrogens (tertiary/aromatic N) is 1. The van der Waals surface area contributed by atoms with E-state index in [1.54, 1.807) is 14.0 Å². The highest BCUT2D eigenvalue weighted by Gasteiger charge is 2.24. The van der Waals surface area contributed by atoms with Crippen LogP contribution in [-0.2, 0) is 12.1 Å². The Balaban J connectivity index is 2.04. The van der Waals surface area contributed by atoms with Crippen LogP contribution < -0.4 is 20.1 Å². The van der Waals surface area contributed by atoms with Crippen LogP contribution in [0.5, 0.6) is 11.5 Å². The van der Waals surface area contributed by atoms with Gasteiger partial charge in [0.05, 0.1) is 26.8 Å². The summed E-state index contributed by atoms with van der Waals surface area (Å²) in [5, 5.41) is 19.0. The van der Waals surface area contributed by atoms with Crippen LogP contribution >= 0.6 is 11.3 Å². The number of thiophene rings is 1. The summed E-state index contributed by atoms with van der Waals surface area (Å²) in [7, 11) is 1.63. The lowest BCUT2D eigenvalue weighted by molar-refractivity contribution is 0.0655. The van der Waals surface area contributed by atoms with Crippen molar-refractivity contribution < 1.29 is 14.6 Å². The Morgan fingerprint density at radius 2 is 2.04 bits per heavy atom. The van der Waals surface area contributed by atoms with E-state index in [1.807, 2.05) is 49.6 Å². The van der Waals surface area contributed by atoms with E-state index in [4.69, 9.17) is 9.47 Å². The van der Waals surface area contributed by atoms with Crippen LogP contribution in [0.1, 0.15) is 31.2 Å². The summed E-state index contributed by atoms with van der Waals surface area (Å²) in [6.07, 6.45) is 0. The SMILES string of the molecule is CCNC(=NCc1ccc(OCC)c(OC)c1)NCC(C)(O)c1cccs1. The number of ether oxygens (including phenoxy) is 2. The van der Waals surface area contributed by atoms with Crippen LogP contribution in [0.3, 0.4) is 0 Å². The maximum Gasteiger partial charge on any atom is 0.191 e. The fraction of sp³-hybridized carbons (Fsp3) is 0.450. The number of rotatable bonds is 9. The fourth-order valence-electron chi connectivity index (χ4n) is 2.53. The third kappa shape index (κ3) is 6.15. The van der Waals surface area contributed by atoms with Crippen molar-refractivity contribution in [3.05, 3.63) is 46.2 Å². The van der Waals surface area contributed by atoms with Crippen LogP contribution in [0.25, 0.3) is 0 Å². The largest absolute Gasteiger partial charge is 0.493 e. The average molecular weight is 392 g/mol. The molecule has 0 saturated carbocycles. The minimum absolute atomic E-state index is 0.367. The summed E-state index contributed by atoms with van der Waals surface area (Å²) >= 11 is 1.54. The number of aliphatic imine (C=N–C) groups is 1. The van der Waals surface area contributed by atoms with Crippen molar-refractivity contribution in [1.29, 1.82) is 0 Å². The summed E-state index contributed by atoms with van der Waals surface area (Å²) < 4.78 is 10.9. The molecule has 1 aromatic heterocycles. The molecule has 0 aliphatic heterocycles. The third-order valence-corrected chi connectivity index (χ3v) is 5.07. The van der Waals surface area contributed by atoms with Crippen molar-refractivity contribution in [3.8, 4) is 11.5 Å². The molecule has 6 nitrogen and oxygen atoms in total. The predicted molar refractivity (Wildman–Crippen MR) is 111 cm³/mol. The maximum absolute atomic E-state index is 10.7. The normalized spacial score (nSPS) is 13.7. The number of guanidine groups is 1. The first kappa shape index (κ1) is 21.1. The van der Waals surface area contributed by atoms with Crippen LogP contribution in [-0.4, -0.2) is 37.9 Å². The molecule has 0 bridgehead atoms. The van der Waals surface area contributed by atoms with Gasteiger partial charge in [-0.15, -0.1) is 11.3 Å². The second-order valence-electron chi connectivity index (χ2n) is 6.22. The van der Waals surface area contributed by atoms with Gasteiger partial charge in [0.25, 0.3) is 0 Å². The molecular weight excluding hydrogens is 362 g/mol. The molecule has 0 spiro atoms. The van der Waals surface area contributed by atoms with E-state index in [0.717, 1.165) is 22.7 Å². The van der Waals surface area contributed by atoms with Crippen molar-refractivity contribution in [3.63, 3.8) is 0 Å². The van der Waals surface area contributed by atoms with Gasteiger partial charge in [-0.1, -0.05) is 12.1 Å². The lowest BCUT2D eigenvalue weighted by atomic mass is 10.1. The monoisotopic (exact) mass is 391 g/mol. The Morgan fingerprint density at radius 3 is 2.67 bits per heavy atom. The quantitative estimate of drug-likeness (QED) is 0.452. The maximum atomic E-state index is 10.7. The predicted octanol–water partition coefficient (Wildman–Crippen LogP) is 3.12. The minimum Gasteiger partial charge on any atom is -0.493 e. The van der Waals surface area contributed by atoms with Crippen molar-refractivity contribution in [2.75, 3.05) is 26.8 Å². The van der Waals surface area contributed by atoms with Crippen LogP contribution in [0.2, 0.25) is 0 Å². The molecule has 2 aromatic rings. The molecule has 27 heavy (non-hydrogen) atoms. The van der Waals surface area contributed by atoms with E-state index in [-0.39, 0.29) is 0 Å². The Bertz CT molecular complexity index is 730. The molecule has 1 heterocycles. The highest BCUT2D eigenvalue weighted by atomic mass is 32.1. The van der Waals surface area contributed by atoms with Gasteiger partial charge in [0.15, 0.2) is 17.5 Å². The van der Waals surface area contributed by atoms with Crippen molar-refractivity contribution in [2.24, 2.45) is 4.99 Å². The van der Waals surface area contributed by atoms with E-state index in [1.165, 1.54) is 11.3 Å². The lowest BCUT2D eigenvalue weighted by Crippen LogP contribution is -2.44. The van der Waals surface area contributed by atoms with Gasteiger partial charge in [-0.05, 0) is 49.9 Å². The van der Waals surface area contributed by atoms with Crippen molar-refractivity contribution in [2.45, 2.75) is 32.9 Å². The molecule has 148 valence electrons. The summed E-state index contributed by atoms with van der Waals surface area (Å²) in [6, 6.07) is 9.67. The molecule has 0 amide bonds. The zero-order chi connectivity index (χ0) is 19.7. The van der Waals surface area contributed by atoms with Gasteiger partial charge in [0, 0.05) is 11.4 Å². The lowest BCUT2D eigenvalue weighted by Gasteiger charge is -2.23. The zero-order valence-electron chi connectivity index (χ0n) is 16.4. The molecule has 7 heteroatoms. The highest BCUT2D eigenvalue weighted by molar-refractivity contribution is 7.10. The Labute approximate surface area is 165 Å². The zero-order valence-corrected chi connectivity index (χ0v) is 17.2. The van der Waals surface area contributed by atoms with Gasteiger partial charge in [0.2, 0.25) is 0 Å². The third-order valence-electron chi connectivity index (χ3n) is 3.94. The number of hydrogen-bond acceptors (Lipinski definition) is 5. The number of aliphatic hydroxyl groups is 1. The summed E-state index contributed by atoms with van der Waals surface area (Å²) in [6.45, 7) is 7.93. The second kappa shape index (κ2) is 10.2. The number of methoxy groups -OCH3 is 1. The molecule has 1 aromatic carbocycles. The topological polar surface area (TPSA) is 75.1 Å². The number of benzene rings is 1. The average Bonchev–Trinajstić information content (AvgIpc) is 3.21. The van der Waals surface area contributed by atoms with Crippen molar-refractivity contribution in [1.82, 2.24) is 10.6 Å². The Kier molecular flexibility index (Phi) is 7.94. The highest BCUT2D eigenvalue weighted by Crippen LogP contribution is 2.28. The molecule has 3 N–H and O–H groups in total. The van der Waals surface area contributed by atoms with Crippen LogP contribution in [0, 0.1) is 0 Å². The molecule has 0 aliphatic rings. The van der Waals surface area contributed by atoms with Crippen molar-refractivity contribution >= 4 is 17.3 Å². The molecule has 1 atom stereocenters. The summed E-state index contributed by atoms with van der Waals surface area (Å²) in [4.78, 5) is 5.53. The smallest absolute Gasteiger partial charge is 0.191 e. The second-order valence-corrected chi connectivity index (χ2v) is 7.17. The number of hydrogen-bond donors (Lipinski definition) is 3. The van der Waals surface area contributed by atoms with Gasteiger partial charge in [-0.25, -0.2) is 4.99 Å². The Hall–Kier alpha value is -2.25. The van der Waals surface area contributed by atoms with Gasteiger partial charge in [-0.2, -0.15) is 0 Å². The van der Waals surface area contributed by atoms with E-state index < -0.39 is 5.60 Å². The van der Waals surface area contributed by atoms with E-state index in [0.29, 0.717) is 31.4 Å². The molecule has 0 radical (unpaired) electrons. The molecule has 0 saturated heterocycles. The molecular formula is C20H29N3O3S. The van der Waals surface area contributed by atoms with Gasteiger partial charge < -0.3 is 25.2 Å². The standard InChI is InChI=1S/C20H29N3O3S/c1-5-21-19(23-14-20(3,24)18-8-7-11-27-18)22-13-15-9-10-16(26-6-2)17(12-15)25-4/h7-12,24H,5-6,13-14H2,1-4H3,(H2,21,22,23). The molecule has 0 aliphatic carbocycles. The first-order valence-electron chi connectivity index (χ1n) is 9.08. The molecule has 2 rings (SSSR count). The number of nitrogens with one attached hydrogen (secondary N) is 2. The molecule has 1 unspecified atom stereocenters. The van der Waals surface area contributed by atoms with E-state index in [9.17, 15) is 5.11 Å².